The van der Waals surface area contributed by atoms with Crippen LogP contribution in [0, 0.1) is 5.92 Å². The van der Waals surface area contributed by atoms with Crippen molar-refractivity contribution < 1.29 is 4.74 Å². The van der Waals surface area contributed by atoms with Crippen LogP contribution in [0.25, 0.3) is 22.2 Å². The van der Waals surface area contributed by atoms with Gasteiger partial charge in [-0.2, -0.15) is 0 Å². The summed E-state index contributed by atoms with van der Waals surface area (Å²) in [6.45, 7) is 4.35. The molecule has 2 aromatic carbocycles. The Morgan fingerprint density at radius 2 is 1.79 bits per heavy atom. The molecule has 0 atom stereocenters. The van der Waals surface area contributed by atoms with Crippen LogP contribution in [-0.4, -0.2) is 34.1 Å². The van der Waals surface area contributed by atoms with Gasteiger partial charge in [0.25, 0.3) is 0 Å². The van der Waals surface area contributed by atoms with Gasteiger partial charge in [-0.25, -0.2) is 4.98 Å². The second-order valence-corrected chi connectivity index (χ2v) is 9.85. The largest absolute Gasteiger partial charge is 0.489 e. The Hall–Kier alpha value is -3.31. The van der Waals surface area contributed by atoms with Crippen molar-refractivity contribution in [2.75, 3.05) is 25.4 Å². The number of nitrogen functional groups attached to an aromatic ring is 1. The van der Waals surface area contributed by atoms with Crippen LogP contribution in [0.3, 0.4) is 0 Å². The quantitative estimate of drug-likeness (QED) is 0.379. The van der Waals surface area contributed by atoms with Gasteiger partial charge < -0.3 is 19.9 Å². The first-order valence-electron chi connectivity index (χ1n) is 12.5. The number of aromatic nitrogens is 2. The molecule has 174 valence electrons. The fourth-order valence-electron chi connectivity index (χ4n) is 5.60. The van der Waals surface area contributed by atoms with Gasteiger partial charge >= 0.3 is 0 Å². The van der Waals surface area contributed by atoms with Crippen molar-refractivity contribution in [1.82, 2.24) is 14.5 Å². The molecule has 1 saturated carbocycles. The van der Waals surface area contributed by atoms with Crippen LogP contribution in [0.1, 0.15) is 37.3 Å². The summed E-state index contributed by atoms with van der Waals surface area (Å²) in [4.78, 5) is 7.40. The number of rotatable bonds is 7. The van der Waals surface area contributed by atoms with Gasteiger partial charge in [-0.3, -0.25) is 0 Å². The summed E-state index contributed by atoms with van der Waals surface area (Å²) in [5.74, 6) is 1.65. The molecule has 6 rings (SSSR count). The van der Waals surface area contributed by atoms with Crippen LogP contribution in [0.2, 0.25) is 0 Å². The maximum absolute atomic E-state index is 6.48. The average Bonchev–Trinajstić information content (AvgIpc) is 3.49. The first-order chi connectivity index (χ1) is 16.7. The number of anilines is 1. The second kappa shape index (κ2) is 9.15. The molecule has 2 fully saturated rings. The van der Waals surface area contributed by atoms with Crippen molar-refractivity contribution in [3.8, 4) is 16.9 Å². The standard InChI is InChI=1S/C29H32N4O/c30-27-11-12-31-29-28(27)26(19-33(29)24-15-22(16-24)18-32-13-4-5-14-32)23-9-6-10-25(17-23)34-20-21-7-2-1-3-8-21/h1-3,6-12,17,19,22,24H,4-5,13-16,18,20H2,(H2,30,31). The normalized spacial score (nSPS) is 20.5. The molecular formula is C29H32N4O. The minimum Gasteiger partial charge on any atom is -0.489 e. The smallest absolute Gasteiger partial charge is 0.142 e. The number of pyridine rings is 1. The average molecular weight is 453 g/mol. The molecule has 4 aromatic rings. The number of hydrogen-bond acceptors (Lipinski definition) is 4. The van der Waals surface area contributed by atoms with E-state index in [-0.39, 0.29) is 0 Å². The number of ether oxygens (including phenoxy) is 1. The van der Waals surface area contributed by atoms with Crippen LogP contribution >= 0.6 is 0 Å². The van der Waals surface area contributed by atoms with Crippen molar-refractivity contribution in [2.24, 2.45) is 5.92 Å². The Balaban J connectivity index is 1.25. The van der Waals surface area contributed by atoms with E-state index in [1.165, 1.54) is 45.3 Å². The minimum atomic E-state index is 0.496. The Morgan fingerprint density at radius 1 is 0.971 bits per heavy atom. The molecule has 5 heteroatoms. The lowest BCUT2D eigenvalue weighted by Gasteiger charge is -2.38. The molecule has 2 aromatic heterocycles. The van der Waals surface area contributed by atoms with Crippen molar-refractivity contribution in [2.45, 2.75) is 38.3 Å². The van der Waals surface area contributed by atoms with Crippen LogP contribution in [0.4, 0.5) is 5.69 Å². The van der Waals surface area contributed by atoms with Crippen LogP contribution in [0.15, 0.2) is 73.1 Å². The van der Waals surface area contributed by atoms with E-state index in [1.807, 2.05) is 36.5 Å². The third-order valence-electron chi connectivity index (χ3n) is 7.46. The molecule has 2 N–H and O–H groups in total. The highest BCUT2D eigenvalue weighted by Crippen LogP contribution is 2.43. The molecule has 0 amide bonds. The van der Waals surface area contributed by atoms with E-state index in [9.17, 15) is 0 Å². The van der Waals surface area contributed by atoms with Gasteiger partial charge in [0.05, 0.1) is 0 Å². The lowest BCUT2D eigenvalue weighted by molar-refractivity contribution is 0.146. The topological polar surface area (TPSA) is 56.3 Å². The van der Waals surface area contributed by atoms with E-state index in [1.54, 1.807) is 0 Å². The number of hydrogen-bond donors (Lipinski definition) is 1. The number of benzene rings is 2. The summed E-state index contributed by atoms with van der Waals surface area (Å²) in [5, 5.41) is 1.05. The van der Waals surface area contributed by atoms with Gasteiger partial charge in [0.1, 0.15) is 18.0 Å². The molecule has 0 bridgehead atoms. The fraction of sp³-hybridized carbons (Fsp3) is 0.345. The molecular weight excluding hydrogens is 420 g/mol. The van der Waals surface area contributed by atoms with Crippen molar-refractivity contribution in [3.63, 3.8) is 0 Å². The van der Waals surface area contributed by atoms with Crippen LogP contribution in [-0.2, 0) is 6.61 Å². The van der Waals surface area contributed by atoms with Crippen LogP contribution < -0.4 is 10.5 Å². The Labute approximate surface area is 201 Å². The van der Waals surface area contributed by atoms with E-state index in [2.05, 4.69) is 46.0 Å². The molecule has 1 saturated heterocycles. The van der Waals surface area contributed by atoms with Gasteiger partial charge in [-0.1, -0.05) is 42.5 Å². The molecule has 0 radical (unpaired) electrons. The fourth-order valence-corrected chi connectivity index (χ4v) is 5.60. The lowest BCUT2D eigenvalue weighted by Crippen LogP contribution is -2.35. The zero-order chi connectivity index (χ0) is 22.9. The molecule has 1 aliphatic carbocycles. The van der Waals surface area contributed by atoms with E-state index in [4.69, 9.17) is 15.5 Å². The highest BCUT2D eigenvalue weighted by molar-refractivity contribution is 6.02. The SMILES string of the molecule is Nc1ccnc2c1c(-c1cccc(OCc3ccccc3)c1)cn2C1CC(CN2CCCC2)C1. The summed E-state index contributed by atoms with van der Waals surface area (Å²) in [6, 6.07) is 21.0. The second-order valence-electron chi connectivity index (χ2n) is 9.85. The number of likely N-dealkylation sites (tertiary alicyclic amines) is 1. The van der Waals surface area contributed by atoms with Gasteiger partial charge in [-0.05, 0) is 74.0 Å². The number of fused-ring (bicyclic) bond motifs is 1. The van der Waals surface area contributed by atoms with Gasteiger partial charge in [0, 0.05) is 41.6 Å². The number of nitrogens with two attached hydrogens (primary N) is 1. The molecule has 1 aliphatic heterocycles. The van der Waals surface area contributed by atoms with Crippen LogP contribution in [0.5, 0.6) is 5.75 Å². The van der Waals surface area contributed by atoms with E-state index >= 15 is 0 Å². The maximum atomic E-state index is 6.48. The predicted molar refractivity (Wildman–Crippen MR) is 138 cm³/mol. The maximum Gasteiger partial charge on any atom is 0.142 e. The van der Waals surface area contributed by atoms with E-state index in [0.717, 1.165) is 45.1 Å². The minimum absolute atomic E-state index is 0.496. The third-order valence-corrected chi connectivity index (χ3v) is 7.46. The first-order valence-corrected chi connectivity index (χ1v) is 12.5. The summed E-state index contributed by atoms with van der Waals surface area (Å²) in [5.41, 5.74) is 11.7. The summed E-state index contributed by atoms with van der Waals surface area (Å²) >= 11 is 0. The van der Waals surface area contributed by atoms with Crippen molar-refractivity contribution in [1.29, 1.82) is 0 Å². The molecule has 0 spiro atoms. The Kier molecular flexibility index (Phi) is 5.71. The summed E-state index contributed by atoms with van der Waals surface area (Å²) in [7, 11) is 0. The summed E-state index contributed by atoms with van der Waals surface area (Å²) in [6.07, 6.45) is 9.25. The molecule has 34 heavy (non-hydrogen) atoms. The number of nitrogens with zero attached hydrogens (tertiary/aromatic N) is 3. The third kappa shape index (κ3) is 4.16. The van der Waals surface area contributed by atoms with Gasteiger partial charge in [-0.15, -0.1) is 0 Å². The van der Waals surface area contributed by atoms with Gasteiger partial charge in [0.2, 0.25) is 0 Å². The molecule has 3 heterocycles. The Bertz CT molecular complexity index is 1270. The highest BCUT2D eigenvalue weighted by Gasteiger charge is 2.33. The van der Waals surface area contributed by atoms with Crippen molar-refractivity contribution in [3.05, 3.63) is 78.6 Å². The molecule has 2 aliphatic rings. The lowest BCUT2D eigenvalue weighted by atomic mass is 9.79. The predicted octanol–water partition coefficient (Wildman–Crippen LogP) is 5.91. The molecule has 0 unspecified atom stereocenters. The monoisotopic (exact) mass is 452 g/mol. The molecule has 5 nitrogen and oxygen atoms in total. The van der Waals surface area contributed by atoms with Crippen molar-refractivity contribution >= 4 is 16.7 Å². The zero-order valence-corrected chi connectivity index (χ0v) is 19.6. The van der Waals surface area contributed by atoms with E-state index < -0.39 is 0 Å². The first kappa shape index (κ1) is 21.2. The highest BCUT2D eigenvalue weighted by atomic mass is 16.5. The van der Waals surface area contributed by atoms with E-state index in [0.29, 0.717) is 12.6 Å². The van der Waals surface area contributed by atoms with Gasteiger partial charge in [0.15, 0.2) is 0 Å². The summed E-state index contributed by atoms with van der Waals surface area (Å²) < 4.78 is 8.48. The Morgan fingerprint density at radius 3 is 2.62 bits per heavy atom. The zero-order valence-electron chi connectivity index (χ0n) is 19.6.